The van der Waals surface area contributed by atoms with Crippen molar-refractivity contribution in [2.24, 2.45) is 0 Å². The molecule has 0 saturated heterocycles. The van der Waals surface area contributed by atoms with Crippen LogP contribution in [0.3, 0.4) is 0 Å². The van der Waals surface area contributed by atoms with Crippen LogP contribution >= 0.6 is 0 Å². The van der Waals surface area contributed by atoms with Crippen LogP contribution in [0.25, 0.3) is 33.6 Å². The Bertz CT molecular complexity index is 1340. The average molecular weight is 645 g/mol. The first-order valence-electron chi connectivity index (χ1n) is 10.5. The minimum atomic E-state index is -1.52. The third-order valence-electron chi connectivity index (χ3n) is 5.07. The summed E-state index contributed by atoms with van der Waals surface area (Å²) in [6.45, 7) is 1.85. The number of hydrogen-bond donors (Lipinski definition) is 0. The summed E-state index contributed by atoms with van der Waals surface area (Å²) >= 11 is 0. The van der Waals surface area contributed by atoms with Crippen LogP contribution in [0.1, 0.15) is 5.56 Å². The van der Waals surface area contributed by atoms with Crippen LogP contribution in [0.4, 0.5) is 13.2 Å². The SMILES string of the molecule is Cc1ccnc(-c2[c-]cc(F)c(F)c2F)c1-c1ccccc1.[Ir].[c-]1ccccc1-c1ccccn1. The molecule has 0 aliphatic rings. The quantitative estimate of drug-likeness (QED) is 0.150. The molecule has 0 spiro atoms. The number of halogens is 3. The number of pyridine rings is 2. The van der Waals surface area contributed by atoms with E-state index in [9.17, 15) is 13.2 Å². The van der Waals surface area contributed by atoms with Gasteiger partial charge in [0.1, 0.15) is 5.82 Å². The number of benzene rings is 3. The van der Waals surface area contributed by atoms with Crippen molar-refractivity contribution in [3.63, 3.8) is 0 Å². The van der Waals surface area contributed by atoms with E-state index < -0.39 is 17.5 Å². The van der Waals surface area contributed by atoms with Gasteiger partial charge in [0.25, 0.3) is 0 Å². The maximum atomic E-state index is 14.1. The Kier molecular flexibility index (Phi) is 9.07. The zero-order valence-corrected chi connectivity index (χ0v) is 21.0. The summed E-state index contributed by atoms with van der Waals surface area (Å²) < 4.78 is 40.7. The largest absolute Gasteiger partial charge is 0.305 e. The van der Waals surface area contributed by atoms with Crippen LogP contribution in [-0.2, 0) is 20.1 Å². The van der Waals surface area contributed by atoms with E-state index in [1.54, 1.807) is 12.3 Å². The Balaban J connectivity index is 0.000000223. The fraction of sp³-hybridized carbons (Fsp3) is 0.0345. The van der Waals surface area contributed by atoms with Crippen LogP contribution in [0.5, 0.6) is 0 Å². The topological polar surface area (TPSA) is 25.8 Å². The zero-order valence-electron chi connectivity index (χ0n) is 18.6. The Labute approximate surface area is 215 Å². The fourth-order valence-corrected chi connectivity index (χ4v) is 3.44. The van der Waals surface area contributed by atoms with E-state index in [1.807, 2.05) is 79.7 Å². The predicted molar refractivity (Wildman–Crippen MR) is 127 cm³/mol. The second-order valence-corrected chi connectivity index (χ2v) is 7.35. The van der Waals surface area contributed by atoms with Gasteiger partial charge in [0.15, 0.2) is 0 Å². The van der Waals surface area contributed by atoms with Crippen molar-refractivity contribution < 1.29 is 33.3 Å². The third kappa shape index (κ3) is 6.10. The van der Waals surface area contributed by atoms with Crippen LogP contribution in [0, 0.1) is 36.5 Å². The summed E-state index contributed by atoms with van der Waals surface area (Å²) in [5.74, 6) is -4.07. The first kappa shape index (κ1) is 26.0. The summed E-state index contributed by atoms with van der Waals surface area (Å²) in [6, 6.07) is 31.1. The molecule has 0 atom stereocenters. The molecule has 1 radical (unpaired) electrons. The van der Waals surface area contributed by atoms with Crippen molar-refractivity contribution >= 4 is 0 Å². The molecule has 0 amide bonds. The molecule has 0 bridgehead atoms. The molecule has 2 nitrogen and oxygen atoms in total. The van der Waals surface area contributed by atoms with Gasteiger partial charge >= 0.3 is 0 Å². The number of nitrogens with zero attached hydrogens (tertiary/aromatic N) is 2. The molecule has 0 aliphatic heterocycles. The van der Waals surface area contributed by atoms with Crippen molar-refractivity contribution in [3.8, 4) is 33.6 Å². The molecule has 5 rings (SSSR count). The molecule has 0 unspecified atom stereocenters. The van der Waals surface area contributed by atoms with Gasteiger partial charge < -0.3 is 9.97 Å². The molecule has 0 fully saturated rings. The number of aryl methyl sites for hydroxylation is 1. The van der Waals surface area contributed by atoms with E-state index in [2.05, 4.69) is 22.1 Å². The first-order chi connectivity index (χ1) is 16.6. The number of hydrogen-bond acceptors (Lipinski definition) is 2. The van der Waals surface area contributed by atoms with Gasteiger partial charge in [0.05, 0.1) is 11.6 Å². The third-order valence-corrected chi connectivity index (χ3v) is 5.07. The first-order valence-corrected chi connectivity index (χ1v) is 10.5. The fourth-order valence-electron chi connectivity index (χ4n) is 3.44. The maximum Gasteiger partial charge on any atom is 0.111 e. The van der Waals surface area contributed by atoms with E-state index in [4.69, 9.17) is 0 Å². The molecule has 6 heteroatoms. The molecule has 0 saturated carbocycles. The van der Waals surface area contributed by atoms with Crippen molar-refractivity contribution in [2.45, 2.75) is 6.92 Å². The van der Waals surface area contributed by atoms with E-state index >= 15 is 0 Å². The van der Waals surface area contributed by atoms with Crippen LogP contribution in [0.15, 0.2) is 97.3 Å². The summed E-state index contributed by atoms with van der Waals surface area (Å²) in [4.78, 5) is 8.38. The maximum absolute atomic E-state index is 14.1. The van der Waals surface area contributed by atoms with Crippen molar-refractivity contribution in [1.82, 2.24) is 9.97 Å². The Hall–Kier alpha value is -3.60. The molecule has 35 heavy (non-hydrogen) atoms. The van der Waals surface area contributed by atoms with Gasteiger partial charge in [-0.15, -0.1) is 48.0 Å². The van der Waals surface area contributed by atoms with E-state index in [1.165, 1.54) is 6.20 Å². The molecular weight excluding hydrogens is 626 g/mol. The summed E-state index contributed by atoms with van der Waals surface area (Å²) in [5.41, 5.74) is 4.42. The number of rotatable bonds is 3. The minimum absolute atomic E-state index is 0. The Morgan fingerprint density at radius 3 is 2.14 bits per heavy atom. The van der Waals surface area contributed by atoms with Crippen LogP contribution in [0.2, 0.25) is 0 Å². The van der Waals surface area contributed by atoms with Gasteiger partial charge in [0, 0.05) is 32.5 Å². The van der Waals surface area contributed by atoms with Crippen molar-refractivity contribution in [2.75, 3.05) is 0 Å². The van der Waals surface area contributed by atoms with Crippen LogP contribution in [-0.4, -0.2) is 9.97 Å². The van der Waals surface area contributed by atoms with Crippen molar-refractivity contribution in [1.29, 1.82) is 0 Å². The van der Waals surface area contributed by atoms with Gasteiger partial charge in [-0.25, -0.2) is 4.39 Å². The van der Waals surface area contributed by atoms with Gasteiger partial charge in [-0.2, -0.15) is 0 Å². The Morgan fingerprint density at radius 1 is 0.714 bits per heavy atom. The smallest absolute Gasteiger partial charge is 0.111 e. The molecule has 5 aromatic rings. The second-order valence-electron chi connectivity index (χ2n) is 7.35. The monoisotopic (exact) mass is 645 g/mol. The van der Waals surface area contributed by atoms with Gasteiger partial charge in [-0.3, -0.25) is 8.78 Å². The molecule has 0 N–H and O–H groups in total. The summed E-state index contributed by atoms with van der Waals surface area (Å²) in [7, 11) is 0. The van der Waals surface area contributed by atoms with Crippen molar-refractivity contribution in [3.05, 3.63) is 132 Å². The predicted octanol–water partition coefficient (Wildman–Crippen LogP) is 7.49. The average Bonchev–Trinajstić information content (AvgIpc) is 2.89. The number of aromatic nitrogens is 2. The normalized spacial score (nSPS) is 10.1. The van der Waals surface area contributed by atoms with E-state index in [0.717, 1.165) is 28.5 Å². The van der Waals surface area contributed by atoms with Gasteiger partial charge in [0.2, 0.25) is 0 Å². The zero-order chi connectivity index (χ0) is 23.9. The molecule has 2 heterocycles. The van der Waals surface area contributed by atoms with Crippen LogP contribution < -0.4 is 0 Å². The second kappa shape index (κ2) is 12.2. The molecule has 0 aliphatic carbocycles. The molecular formula is C29H19F3IrN2-2. The standard InChI is InChI=1S/C18H11F3N.C11H8N.Ir/c1-11-9-10-22-18(15(11)12-5-3-2-4-6-12)13-7-8-14(19)17(21)16(13)20;1-2-6-10(7-3-1)11-8-4-5-9-12-11;/h2-6,8-10H,1H3;1-6,8-9H;/q2*-1;. The van der Waals surface area contributed by atoms with Gasteiger partial charge in [-0.1, -0.05) is 48.0 Å². The summed E-state index contributed by atoms with van der Waals surface area (Å²) in [6.07, 6.45) is 3.29. The molecule has 2 aromatic heterocycles. The van der Waals surface area contributed by atoms with Gasteiger partial charge in [-0.05, 0) is 47.1 Å². The van der Waals surface area contributed by atoms with E-state index in [-0.39, 0.29) is 31.4 Å². The molecule has 3 aromatic carbocycles. The summed E-state index contributed by atoms with van der Waals surface area (Å²) in [5, 5.41) is 0. The van der Waals surface area contributed by atoms with E-state index in [0.29, 0.717) is 5.56 Å². The Morgan fingerprint density at radius 2 is 1.46 bits per heavy atom. The minimum Gasteiger partial charge on any atom is -0.305 e. The molecule has 177 valence electrons.